The quantitative estimate of drug-likeness (QED) is 0.546. The standard InChI is InChI=1S/C20H25N5O/c1-14-16-7-5-6-8-17(16)26-18(14)13-24-20(21-2)23-12-15-9-10-22-19(11-15)25(3)4/h5-11H,12-13H2,1-4H3,(H2,21,23,24). The molecule has 26 heavy (non-hydrogen) atoms. The highest BCUT2D eigenvalue weighted by Crippen LogP contribution is 2.24. The average molecular weight is 351 g/mol. The number of fused-ring (bicyclic) bond motifs is 1. The molecular formula is C20H25N5O. The van der Waals surface area contributed by atoms with E-state index in [1.807, 2.05) is 49.5 Å². The third-order valence-electron chi connectivity index (χ3n) is 4.31. The molecule has 0 saturated heterocycles. The Balaban J connectivity index is 1.61. The number of aryl methyl sites for hydroxylation is 1. The maximum absolute atomic E-state index is 5.94. The first-order chi connectivity index (χ1) is 12.6. The van der Waals surface area contributed by atoms with Gasteiger partial charge in [0, 0.05) is 44.8 Å². The molecule has 0 unspecified atom stereocenters. The Labute approximate surface area is 153 Å². The summed E-state index contributed by atoms with van der Waals surface area (Å²) in [5.41, 5.74) is 3.22. The largest absolute Gasteiger partial charge is 0.459 e. The molecular weight excluding hydrogens is 326 g/mol. The van der Waals surface area contributed by atoms with Crippen molar-refractivity contribution in [3.63, 3.8) is 0 Å². The number of hydrogen-bond acceptors (Lipinski definition) is 4. The number of nitrogens with zero attached hydrogens (tertiary/aromatic N) is 3. The van der Waals surface area contributed by atoms with E-state index in [1.165, 1.54) is 0 Å². The maximum Gasteiger partial charge on any atom is 0.191 e. The Kier molecular flexibility index (Phi) is 5.41. The van der Waals surface area contributed by atoms with Gasteiger partial charge in [0.2, 0.25) is 0 Å². The van der Waals surface area contributed by atoms with Gasteiger partial charge in [-0.05, 0) is 30.7 Å². The first-order valence-electron chi connectivity index (χ1n) is 8.62. The van der Waals surface area contributed by atoms with Gasteiger partial charge in [-0.1, -0.05) is 18.2 Å². The Morgan fingerprint density at radius 1 is 1.15 bits per heavy atom. The van der Waals surface area contributed by atoms with Gasteiger partial charge in [0.05, 0.1) is 6.54 Å². The van der Waals surface area contributed by atoms with Crippen LogP contribution < -0.4 is 15.5 Å². The monoisotopic (exact) mass is 351 g/mol. The summed E-state index contributed by atoms with van der Waals surface area (Å²) in [6, 6.07) is 12.1. The SMILES string of the molecule is CN=C(NCc1ccnc(N(C)C)c1)NCc1oc2ccccc2c1C. The van der Waals surface area contributed by atoms with Crippen LogP contribution in [-0.4, -0.2) is 32.1 Å². The Hall–Kier alpha value is -3.02. The van der Waals surface area contributed by atoms with Gasteiger partial charge in [0.15, 0.2) is 5.96 Å². The van der Waals surface area contributed by atoms with E-state index in [4.69, 9.17) is 4.42 Å². The van der Waals surface area contributed by atoms with Crippen LogP contribution in [0.25, 0.3) is 11.0 Å². The molecule has 0 aliphatic rings. The highest BCUT2D eigenvalue weighted by Gasteiger charge is 2.10. The third-order valence-corrected chi connectivity index (χ3v) is 4.31. The van der Waals surface area contributed by atoms with Crippen molar-refractivity contribution in [1.82, 2.24) is 15.6 Å². The molecule has 3 rings (SSSR count). The topological polar surface area (TPSA) is 65.7 Å². The zero-order valence-corrected chi connectivity index (χ0v) is 15.7. The smallest absolute Gasteiger partial charge is 0.191 e. The van der Waals surface area contributed by atoms with Crippen molar-refractivity contribution in [2.24, 2.45) is 4.99 Å². The second kappa shape index (κ2) is 7.91. The lowest BCUT2D eigenvalue weighted by Gasteiger charge is -2.14. The van der Waals surface area contributed by atoms with Crippen molar-refractivity contribution in [3.8, 4) is 0 Å². The summed E-state index contributed by atoms with van der Waals surface area (Å²) in [5, 5.41) is 7.79. The molecule has 0 aliphatic heterocycles. The molecule has 0 fully saturated rings. The maximum atomic E-state index is 5.94. The molecule has 2 N–H and O–H groups in total. The van der Waals surface area contributed by atoms with Crippen molar-refractivity contribution in [1.29, 1.82) is 0 Å². The summed E-state index contributed by atoms with van der Waals surface area (Å²) in [5.74, 6) is 2.59. The summed E-state index contributed by atoms with van der Waals surface area (Å²) in [4.78, 5) is 10.6. The number of rotatable bonds is 5. The summed E-state index contributed by atoms with van der Waals surface area (Å²) >= 11 is 0. The van der Waals surface area contributed by atoms with E-state index in [2.05, 4.69) is 39.7 Å². The Morgan fingerprint density at radius 2 is 1.92 bits per heavy atom. The van der Waals surface area contributed by atoms with Gasteiger partial charge in [-0.2, -0.15) is 0 Å². The lowest BCUT2D eigenvalue weighted by molar-refractivity contribution is 0.534. The number of benzene rings is 1. The van der Waals surface area contributed by atoms with Crippen molar-refractivity contribution < 1.29 is 4.42 Å². The van der Waals surface area contributed by atoms with Crippen LogP contribution in [0.15, 0.2) is 52.0 Å². The first-order valence-corrected chi connectivity index (χ1v) is 8.62. The average Bonchev–Trinajstić information content (AvgIpc) is 2.98. The molecule has 0 amide bonds. The van der Waals surface area contributed by atoms with Crippen LogP contribution in [-0.2, 0) is 13.1 Å². The van der Waals surface area contributed by atoms with Crippen molar-refractivity contribution >= 4 is 22.7 Å². The lowest BCUT2D eigenvalue weighted by atomic mass is 10.1. The van der Waals surface area contributed by atoms with Gasteiger partial charge in [0.1, 0.15) is 17.2 Å². The predicted molar refractivity (Wildman–Crippen MR) is 107 cm³/mol. The molecule has 0 saturated carbocycles. The second-order valence-corrected chi connectivity index (χ2v) is 6.34. The molecule has 0 radical (unpaired) electrons. The molecule has 6 heteroatoms. The number of aromatic nitrogens is 1. The summed E-state index contributed by atoms with van der Waals surface area (Å²) < 4.78 is 5.94. The Bertz CT molecular complexity index is 913. The minimum atomic E-state index is 0.583. The van der Waals surface area contributed by atoms with Gasteiger partial charge < -0.3 is 20.0 Å². The van der Waals surface area contributed by atoms with Crippen LogP contribution in [0.1, 0.15) is 16.9 Å². The summed E-state index contributed by atoms with van der Waals surface area (Å²) in [6.45, 7) is 3.33. The molecule has 0 bridgehead atoms. The first kappa shape index (κ1) is 17.8. The Morgan fingerprint density at radius 3 is 2.65 bits per heavy atom. The van der Waals surface area contributed by atoms with E-state index < -0.39 is 0 Å². The third kappa shape index (κ3) is 3.96. The summed E-state index contributed by atoms with van der Waals surface area (Å²) in [7, 11) is 5.73. The van der Waals surface area contributed by atoms with Crippen LogP contribution in [0.2, 0.25) is 0 Å². The highest BCUT2D eigenvalue weighted by atomic mass is 16.3. The minimum absolute atomic E-state index is 0.583. The molecule has 6 nitrogen and oxygen atoms in total. The van der Waals surface area contributed by atoms with E-state index >= 15 is 0 Å². The number of hydrogen-bond donors (Lipinski definition) is 2. The zero-order chi connectivity index (χ0) is 18.5. The van der Waals surface area contributed by atoms with Gasteiger partial charge in [0.25, 0.3) is 0 Å². The van der Waals surface area contributed by atoms with Crippen LogP contribution in [0.5, 0.6) is 0 Å². The summed E-state index contributed by atoms with van der Waals surface area (Å²) in [6.07, 6.45) is 1.82. The number of furan rings is 1. The van der Waals surface area contributed by atoms with Gasteiger partial charge >= 0.3 is 0 Å². The zero-order valence-electron chi connectivity index (χ0n) is 15.7. The second-order valence-electron chi connectivity index (χ2n) is 6.34. The fourth-order valence-electron chi connectivity index (χ4n) is 2.78. The number of para-hydroxylation sites is 1. The van der Waals surface area contributed by atoms with Crippen LogP contribution >= 0.6 is 0 Å². The number of anilines is 1. The van der Waals surface area contributed by atoms with E-state index in [-0.39, 0.29) is 0 Å². The number of nitrogens with one attached hydrogen (secondary N) is 2. The highest BCUT2D eigenvalue weighted by molar-refractivity contribution is 5.82. The molecule has 0 aliphatic carbocycles. The van der Waals surface area contributed by atoms with Gasteiger partial charge in [-0.15, -0.1) is 0 Å². The van der Waals surface area contributed by atoms with Crippen LogP contribution in [0.3, 0.4) is 0 Å². The van der Waals surface area contributed by atoms with Gasteiger partial charge in [-0.3, -0.25) is 4.99 Å². The lowest BCUT2D eigenvalue weighted by Crippen LogP contribution is -2.36. The number of guanidine groups is 1. The van der Waals surface area contributed by atoms with E-state index in [0.717, 1.165) is 39.6 Å². The van der Waals surface area contributed by atoms with Crippen molar-refractivity contribution in [3.05, 3.63) is 59.5 Å². The fraction of sp³-hybridized carbons (Fsp3) is 0.300. The predicted octanol–water partition coefficient (Wildman–Crippen LogP) is 3.07. The molecule has 2 aromatic heterocycles. The number of aliphatic imine (C=N–C) groups is 1. The number of pyridine rings is 1. The minimum Gasteiger partial charge on any atom is -0.459 e. The van der Waals surface area contributed by atoms with E-state index in [9.17, 15) is 0 Å². The molecule has 0 atom stereocenters. The fourth-order valence-corrected chi connectivity index (χ4v) is 2.78. The van der Waals surface area contributed by atoms with E-state index in [0.29, 0.717) is 13.1 Å². The molecule has 1 aromatic carbocycles. The normalized spacial score (nSPS) is 11.6. The van der Waals surface area contributed by atoms with E-state index in [1.54, 1.807) is 7.05 Å². The van der Waals surface area contributed by atoms with Gasteiger partial charge in [-0.25, -0.2) is 4.98 Å². The van der Waals surface area contributed by atoms with Crippen LogP contribution in [0.4, 0.5) is 5.82 Å². The van der Waals surface area contributed by atoms with Crippen molar-refractivity contribution in [2.45, 2.75) is 20.0 Å². The van der Waals surface area contributed by atoms with Crippen LogP contribution in [0, 0.1) is 6.92 Å². The molecule has 136 valence electrons. The molecule has 3 aromatic rings. The molecule has 2 heterocycles. The van der Waals surface area contributed by atoms with Crippen molar-refractivity contribution in [2.75, 3.05) is 26.0 Å². The molecule has 0 spiro atoms.